The van der Waals surface area contributed by atoms with Crippen molar-refractivity contribution in [3.05, 3.63) is 69.2 Å². The van der Waals surface area contributed by atoms with Crippen LogP contribution in [-0.2, 0) is 6.54 Å². The molecule has 2 rings (SSSR count). The molecule has 0 aliphatic heterocycles. The maximum Gasteiger partial charge on any atom is 0.0409 e. The Kier molecular flexibility index (Phi) is 6.24. The van der Waals surface area contributed by atoms with Gasteiger partial charge in [0.15, 0.2) is 0 Å². The number of benzene rings is 2. The molecule has 0 heterocycles. The van der Waals surface area contributed by atoms with E-state index in [0.29, 0.717) is 0 Å². The highest BCUT2D eigenvalue weighted by molar-refractivity contribution is 9.10. The molecule has 2 N–H and O–H groups in total. The van der Waals surface area contributed by atoms with E-state index in [0.717, 1.165) is 34.6 Å². The quantitative estimate of drug-likeness (QED) is 0.807. The molecular weight excluding hydrogens is 348 g/mol. The summed E-state index contributed by atoms with van der Waals surface area (Å²) in [6.07, 6.45) is 0.904. The molecule has 2 aromatic rings. The molecule has 0 aromatic heterocycles. The van der Waals surface area contributed by atoms with Gasteiger partial charge in [-0.05, 0) is 49.3 Å². The second kappa shape index (κ2) is 7.95. The minimum atomic E-state index is 0.0189. The summed E-state index contributed by atoms with van der Waals surface area (Å²) in [6, 6.07) is 16.1. The van der Waals surface area contributed by atoms with Gasteiger partial charge in [0.25, 0.3) is 0 Å². The van der Waals surface area contributed by atoms with E-state index in [9.17, 15) is 0 Å². The van der Waals surface area contributed by atoms with E-state index in [1.165, 1.54) is 5.56 Å². The third-order valence-electron chi connectivity index (χ3n) is 3.50. The van der Waals surface area contributed by atoms with Crippen LogP contribution in [0, 0.1) is 0 Å². The summed E-state index contributed by atoms with van der Waals surface area (Å²) in [4.78, 5) is 2.28. The maximum atomic E-state index is 6.24. The van der Waals surface area contributed by atoms with Crippen LogP contribution in [0.3, 0.4) is 0 Å². The van der Waals surface area contributed by atoms with Gasteiger partial charge in [0.1, 0.15) is 0 Å². The van der Waals surface area contributed by atoms with Crippen LogP contribution >= 0.6 is 27.5 Å². The molecule has 0 aliphatic carbocycles. The summed E-state index contributed by atoms with van der Waals surface area (Å²) < 4.78 is 1.15. The standard InChI is InChI=1S/C17H20BrClN2/c1-21(12-14-5-2-3-8-16(14)18)10-9-17(20)13-6-4-7-15(19)11-13/h2-8,11,17H,9-10,12,20H2,1H3. The molecule has 0 amide bonds. The molecule has 4 heteroatoms. The van der Waals surface area contributed by atoms with Gasteiger partial charge >= 0.3 is 0 Å². The van der Waals surface area contributed by atoms with Crippen LogP contribution in [0.5, 0.6) is 0 Å². The van der Waals surface area contributed by atoms with Crippen molar-refractivity contribution in [1.29, 1.82) is 0 Å². The predicted molar refractivity (Wildman–Crippen MR) is 93.5 cm³/mol. The lowest BCUT2D eigenvalue weighted by Crippen LogP contribution is -2.23. The summed E-state index contributed by atoms with van der Waals surface area (Å²) >= 11 is 9.59. The maximum absolute atomic E-state index is 6.24. The van der Waals surface area contributed by atoms with Crippen LogP contribution in [-0.4, -0.2) is 18.5 Å². The molecule has 0 fully saturated rings. The van der Waals surface area contributed by atoms with Crippen molar-refractivity contribution >= 4 is 27.5 Å². The predicted octanol–water partition coefficient (Wildman–Crippen LogP) is 4.62. The fourth-order valence-electron chi connectivity index (χ4n) is 2.26. The van der Waals surface area contributed by atoms with Crippen molar-refractivity contribution in [2.75, 3.05) is 13.6 Å². The van der Waals surface area contributed by atoms with E-state index in [2.05, 4.69) is 46.1 Å². The molecule has 0 saturated carbocycles. The van der Waals surface area contributed by atoms with Gasteiger partial charge in [-0.3, -0.25) is 0 Å². The Balaban J connectivity index is 1.86. The molecule has 0 spiro atoms. The van der Waals surface area contributed by atoms with Crippen molar-refractivity contribution in [3.8, 4) is 0 Å². The largest absolute Gasteiger partial charge is 0.324 e. The zero-order chi connectivity index (χ0) is 15.2. The molecule has 21 heavy (non-hydrogen) atoms. The number of hydrogen-bond acceptors (Lipinski definition) is 2. The first-order chi connectivity index (χ1) is 10.1. The highest BCUT2D eigenvalue weighted by Crippen LogP contribution is 2.20. The normalized spacial score (nSPS) is 12.6. The van der Waals surface area contributed by atoms with E-state index >= 15 is 0 Å². The molecule has 1 unspecified atom stereocenters. The second-order valence-electron chi connectivity index (χ2n) is 5.28. The average Bonchev–Trinajstić information content (AvgIpc) is 2.47. The van der Waals surface area contributed by atoms with Gasteiger partial charge in [0.2, 0.25) is 0 Å². The Hall–Kier alpha value is -0.870. The van der Waals surface area contributed by atoms with Crippen LogP contribution in [0.15, 0.2) is 53.0 Å². The molecule has 2 nitrogen and oxygen atoms in total. The average molecular weight is 368 g/mol. The minimum absolute atomic E-state index is 0.0189. The Morgan fingerprint density at radius 3 is 2.67 bits per heavy atom. The zero-order valence-corrected chi connectivity index (χ0v) is 14.4. The van der Waals surface area contributed by atoms with Crippen molar-refractivity contribution in [2.45, 2.75) is 19.0 Å². The van der Waals surface area contributed by atoms with E-state index in [1.54, 1.807) is 0 Å². The van der Waals surface area contributed by atoms with Gasteiger partial charge in [-0.2, -0.15) is 0 Å². The molecule has 0 saturated heterocycles. The molecule has 112 valence electrons. The van der Waals surface area contributed by atoms with Crippen LogP contribution in [0.4, 0.5) is 0 Å². The number of nitrogens with zero attached hydrogens (tertiary/aromatic N) is 1. The van der Waals surface area contributed by atoms with Crippen LogP contribution in [0.25, 0.3) is 0 Å². The lowest BCUT2D eigenvalue weighted by Gasteiger charge is -2.20. The fourth-order valence-corrected chi connectivity index (χ4v) is 2.87. The van der Waals surface area contributed by atoms with Crippen molar-refractivity contribution in [1.82, 2.24) is 4.90 Å². The van der Waals surface area contributed by atoms with Crippen molar-refractivity contribution in [2.24, 2.45) is 5.73 Å². The first-order valence-electron chi connectivity index (χ1n) is 6.99. The number of rotatable bonds is 6. The topological polar surface area (TPSA) is 29.3 Å². The van der Waals surface area contributed by atoms with Gasteiger partial charge in [-0.15, -0.1) is 0 Å². The smallest absolute Gasteiger partial charge is 0.0409 e. The molecule has 0 radical (unpaired) electrons. The Bertz CT molecular complexity index is 589. The zero-order valence-electron chi connectivity index (χ0n) is 12.1. The summed E-state index contributed by atoms with van der Waals surface area (Å²) in [7, 11) is 2.12. The number of halogens is 2. The number of hydrogen-bond donors (Lipinski definition) is 1. The Morgan fingerprint density at radius 2 is 1.95 bits per heavy atom. The Labute approximate surface area is 140 Å². The van der Waals surface area contributed by atoms with Crippen molar-refractivity contribution < 1.29 is 0 Å². The van der Waals surface area contributed by atoms with Crippen LogP contribution < -0.4 is 5.73 Å². The summed E-state index contributed by atoms with van der Waals surface area (Å²) in [5.74, 6) is 0. The highest BCUT2D eigenvalue weighted by atomic mass is 79.9. The van der Waals surface area contributed by atoms with Gasteiger partial charge in [0, 0.05) is 22.1 Å². The van der Waals surface area contributed by atoms with Gasteiger partial charge in [-0.1, -0.05) is 57.9 Å². The highest BCUT2D eigenvalue weighted by Gasteiger charge is 2.09. The summed E-state index contributed by atoms with van der Waals surface area (Å²) in [6.45, 7) is 1.85. The molecule has 1 atom stereocenters. The number of nitrogens with two attached hydrogens (primary N) is 1. The first kappa shape index (κ1) is 16.5. The van der Waals surface area contributed by atoms with E-state index in [1.807, 2.05) is 30.3 Å². The van der Waals surface area contributed by atoms with Gasteiger partial charge in [-0.25, -0.2) is 0 Å². The van der Waals surface area contributed by atoms with Gasteiger partial charge < -0.3 is 10.6 Å². The Morgan fingerprint density at radius 1 is 1.19 bits per heavy atom. The third kappa shape index (κ3) is 5.11. The third-order valence-corrected chi connectivity index (χ3v) is 4.51. The monoisotopic (exact) mass is 366 g/mol. The molecule has 2 aromatic carbocycles. The van der Waals surface area contributed by atoms with E-state index in [4.69, 9.17) is 17.3 Å². The fraction of sp³-hybridized carbons (Fsp3) is 0.294. The van der Waals surface area contributed by atoms with Crippen molar-refractivity contribution in [3.63, 3.8) is 0 Å². The van der Waals surface area contributed by atoms with E-state index < -0.39 is 0 Å². The molecule has 0 bridgehead atoms. The SMILES string of the molecule is CN(CCC(N)c1cccc(Cl)c1)Cc1ccccc1Br. The van der Waals surface area contributed by atoms with Crippen LogP contribution in [0.2, 0.25) is 5.02 Å². The molecule has 0 aliphatic rings. The van der Waals surface area contributed by atoms with Gasteiger partial charge in [0.05, 0.1) is 0 Å². The first-order valence-corrected chi connectivity index (χ1v) is 8.16. The molecular formula is C17H20BrClN2. The lowest BCUT2D eigenvalue weighted by atomic mass is 10.0. The summed E-state index contributed by atoms with van der Waals surface area (Å²) in [5, 5.41) is 0.740. The lowest BCUT2D eigenvalue weighted by molar-refractivity contribution is 0.311. The summed E-state index contributed by atoms with van der Waals surface area (Å²) in [5.41, 5.74) is 8.62. The van der Waals surface area contributed by atoms with E-state index in [-0.39, 0.29) is 6.04 Å². The second-order valence-corrected chi connectivity index (χ2v) is 6.57. The van der Waals surface area contributed by atoms with Crippen LogP contribution in [0.1, 0.15) is 23.6 Å². The minimum Gasteiger partial charge on any atom is -0.324 e.